The van der Waals surface area contributed by atoms with Crippen molar-refractivity contribution in [2.75, 3.05) is 0 Å². The Bertz CT molecular complexity index is 1070. The SMILES string of the molecule is Cc1c(-n2cnc3ccccc3c2=O)c2ccccc2n1C. The van der Waals surface area contributed by atoms with E-state index in [2.05, 4.69) is 15.6 Å². The summed E-state index contributed by atoms with van der Waals surface area (Å²) in [6, 6.07) is 15.5. The molecule has 0 spiro atoms. The summed E-state index contributed by atoms with van der Waals surface area (Å²) in [4.78, 5) is 17.3. The molecule has 2 heterocycles. The van der Waals surface area contributed by atoms with E-state index in [0.717, 1.165) is 27.8 Å². The molecule has 0 aliphatic carbocycles. The van der Waals surface area contributed by atoms with Crippen LogP contribution in [0.3, 0.4) is 0 Å². The van der Waals surface area contributed by atoms with E-state index in [1.807, 2.05) is 56.4 Å². The summed E-state index contributed by atoms with van der Waals surface area (Å²) in [7, 11) is 2.01. The minimum Gasteiger partial charge on any atom is -0.346 e. The third-order valence-electron chi connectivity index (χ3n) is 4.27. The Morgan fingerprint density at radius 1 is 0.955 bits per heavy atom. The first-order valence-electron chi connectivity index (χ1n) is 7.19. The van der Waals surface area contributed by atoms with Gasteiger partial charge in [-0.1, -0.05) is 30.3 Å². The van der Waals surface area contributed by atoms with Crippen molar-refractivity contribution in [3.05, 3.63) is 70.9 Å². The van der Waals surface area contributed by atoms with E-state index in [9.17, 15) is 4.79 Å². The maximum Gasteiger partial charge on any atom is 0.265 e. The molecule has 0 aliphatic heterocycles. The minimum absolute atomic E-state index is 0.0370. The first kappa shape index (κ1) is 12.8. The molecule has 0 saturated carbocycles. The number of rotatable bonds is 1. The average molecular weight is 289 g/mol. The highest BCUT2D eigenvalue weighted by Gasteiger charge is 2.15. The number of aryl methyl sites for hydroxylation is 1. The van der Waals surface area contributed by atoms with Gasteiger partial charge in [0.05, 0.1) is 22.1 Å². The van der Waals surface area contributed by atoms with Crippen LogP contribution in [-0.2, 0) is 7.05 Å². The van der Waals surface area contributed by atoms with Crippen LogP contribution in [0.4, 0.5) is 0 Å². The first-order chi connectivity index (χ1) is 10.7. The largest absolute Gasteiger partial charge is 0.346 e. The Labute approximate surface area is 127 Å². The van der Waals surface area contributed by atoms with Gasteiger partial charge in [0.1, 0.15) is 6.33 Å². The second-order valence-electron chi connectivity index (χ2n) is 5.45. The van der Waals surface area contributed by atoms with Crippen LogP contribution in [0, 0.1) is 6.92 Å². The van der Waals surface area contributed by atoms with Gasteiger partial charge in [0, 0.05) is 18.1 Å². The average Bonchev–Trinajstić information content (AvgIpc) is 2.81. The number of aromatic nitrogens is 3. The fourth-order valence-corrected chi connectivity index (χ4v) is 3.03. The molecule has 0 N–H and O–H groups in total. The summed E-state index contributed by atoms with van der Waals surface area (Å²) in [5, 5.41) is 1.69. The van der Waals surface area contributed by atoms with Crippen molar-refractivity contribution in [2.45, 2.75) is 6.92 Å². The van der Waals surface area contributed by atoms with E-state index in [-0.39, 0.29) is 5.56 Å². The van der Waals surface area contributed by atoms with Gasteiger partial charge in [0.2, 0.25) is 0 Å². The van der Waals surface area contributed by atoms with Crippen molar-refractivity contribution in [3.8, 4) is 5.69 Å². The van der Waals surface area contributed by atoms with Crippen LogP contribution in [0.25, 0.3) is 27.5 Å². The fraction of sp³-hybridized carbons (Fsp3) is 0.111. The highest BCUT2D eigenvalue weighted by molar-refractivity contribution is 5.91. The summed E-state index contributed by atoms with van der Waals surface area (Å²) >= 11 is 0. The molecule has 0 unspecified atom stereocenters. The Kier molecular flexibility index (Phi) is 2.66. The molecule has 2 aromatic carbocycles. The summed E-state index contributed by atoms with van der Waals surface area (Å²) in [6.45, 7) is 2.02. The third-order valence-corrected chi connectivity index (χ3v) is 4.27. The zero-order valence-corrected chi connectivity index (χ0v) is 12.4. The lowest BCUT2D eigenvalue weighted by Crippen LogP contribution is -2.19. The van der Waals surface area contributed by atoms with Gasteiger partial charge >= 0.3 is 0 Å². The molecular weight excluding hydrogens is 274 g/mol. The van der Waals surface area contributed by atoms with Crippen molar-refractivity contribution >= 4 is 21.8 Å². The predicted octanol–water partition coefficient (Wildman–Crippen LogP) is 3.19. The Morgan fingerprint density at radius 2 is 1.64 bits per heavy atom. The van der Waals surface area contributed by atoms with Crippen LogP contribution in [0.2, 0.25) is 0 Å². The van der Waals surface area contributed by atoms with E-state index >= 15 is 0 Å². The molecule has 22 heavy (non-hydrogen) atoms. The van der Waals surface area contributed by atoms with Crippen molar-refractivity contribution in [3.63, 3.8) is 0 Å². The van der Waals surface area contributed by atoms with Gasteiger partial charge in [-0.2, -0.15) is 0 Å². The first-order valence-corrected chi connectivity index (χ1v) is 7.19. The number of nitrogens with zero attached hydrogens (tertiary/aromatic N) is 3. The number of benzene rings is 2. The van der Waals surface area contributed by atoms with Gasteiger partial charge in [-0.05, 0) is 25.1 Å². The Balaban J connectivity index is 2.15. The molecule has 4 aromatic rings. The lowest BCUT2D eigenvalue weighted by atomic mass is 10.2. The molecule has 4 nitrogen and oxygen atoms in total. The van der Waals surface area contributed by atoms with Gasteiger partial charge in [0.15, 0.2) is 0 Å². The standard InChI is InChI=1S/C18H15N3O/c1-12-17(14-8-4-6-10-16(14)20(12)2)21-11-19-15-9-5-3-7-13(15)18(21)22/h3-11H,1-2H3. The maximum atomic E-state index is 12.8. The molecular formula is C18H15N3O. The highest BCUT2D eigenvalue weighted by atomic mass is 16.1. The Hall–Kier alpha value is -2.88. The molecule has 0 fully saturated rings. The predicted molar refractivity (Wildman–Crippen MR) is 88.6 cm³/mol. The van der Waals surface area contributed by atoms with Crippen LogP contribution < -0.4 is 5.56 Å². The summed E-state index contributed by atoms with van der Waals surface area (Å²) in [5.41, 5.74) is 3.74. The summed E-state index contributed by atoms with van der Waals surface area (Å²) < 4.78 is 3.76. The number of hydrogen-bond donors (Lipinski definition) is 0. The van der Waals surface area contributed by atoms with Crippen molar-refractivity contribution in [1.82, 2.24) is 14.1 Å². The van der Waals surface area contributed by atoms with Crippen molar-refractivity contribution in [2.24, 2.45) is 7.05 Å². The number of fused-ring (bicyclic) bond motifs is 2. The van der Waals surface area contributed by atoms with E-state index in [0.29, 0.717) is 5.39 Å². The molecule has 0 amide bonds. The molecule has 0 bridgehead atoms. The van der Waals surface area contributed by atoms with Gasteiger partial charge in [0.25, 0.3) is 5.56 Å². The smallest absolute Gasteiger partial charge is 0.265 e. The van der Waals surface area contributed by atoms with Gasteiger partial charge in [-0.15, -0.1) is 0 Å². The molecule has 4 rings (SSSR count). The van der Waals surface area contributed by atoms with Gasteiger partial charge in [-0.3, -0.25) is 9.36 Å². The molecule has 0 saturated heterocycles. The van der Waals surface area contributed by atoms with E-state index in [1.165, 1.54) is 0 Å². The van der Waals surface area contributed by atoms with Crippen molar-refractivity contribution < 1.29 is 0 Å². The van der Waals surface area contributed by atoms with Crippen LogP contribution >= 0.6 is 0 Å². The van der Waals surface area contributed by atoms with Crippen LogP contribution in [-0.4, -0.2) is 14.1 Å². The normalized spacial score (nSPS) is 11.4. The zero-order chi connectivity index (χ0) is 15.3. The zero-order valence-electron chi connectivity index (χ0n) is 12.4. The van der Waals surface area contributed by atoms with Crippen molar-refractivity contribution in [1.29, 1.82) is 0 Å². The number of hydrogen-bond acceptors (Lipinski definition) is 2. The minimum atomic E-state index is -0.0370. The fourth-order valence-electron chi connectivity index (χ4n) is 3.03. The molecule has 0 radical (unpaired) electrons. The lowest BCUT2D eigenvalue weighted by Gasteiger charge is -2.07. The highest BCUT2D eigenvalue weighted by Crippen LogP contribution is 2.27. The lowest BCUT2D eigenvalue weighted by molar-refractivity contribution is 0.883. The van der Waals surface area contributed by atoms with E-state index in [4.69, 9.17) is 0 Å². The topological polar surface area (TPSA) is 39.8 Å². The third kappa shape index (κ3) is 1.64. The van der Waals surface area contributed by atoms with Crippen LogP contribution in [0.15, 0.2) is 59.7 Å². The van der Waals surface area contributed by atoms with Crippen LogP contribution in [0.1, 0.15) is 5.69 Å². The second-order valence-corrected chi connectivity index (χ2v) is 5.45. The molecule has 108 valence electrons. The summed E-state index contributed by atoms with van der Waals surface area (Å²) in [5.74, 6) is 0. The van der Waals surface area contributed by atoms with Gasteiger partial charge < -0.3 is 4.57 Å². The monoisotopic (exact) mass is 289 g/mol. The van der Waals surface area contributed by atoms with E-state index < -0.39 is 0 Å². The van der Waals surface area contributed by atoms with Gasteiger partial charge in [-0.25, -0.2) is 4.98 Å². The maximum absolute atomic E-state index is 12.8. The molecule has 2 aromatic heterocycles. The van der Waals surface area contributed by atoms with E-state index in [1.54, 1.807) is 10.9 Å². The Morgan fingerprint density at radius 3 is 2.45 bits per heavy atom. The molecule has 0 aliphatic rings. The molecule has 0 atom stereocenters. The van der Waals surface area contributed by atoms with Crippen LogP contribution in [0.5, 0.6) is 0 Å². The second kappa shape index (κ2) is 4.56. The quantitative estimate of drug-likeness (QED) is 0.540. The summed E-state index contributed by atoms with van der Waals surface area (Å²) in [6.07, 6.45) is 1.62. The molecule has 4 heteroatoms. The number of para-hydroxylation sites is 2.